The Kier molecular flexibility index (Phi) is 5.46. The first-order valence-electron chi connectivity index (χ1n) is 5.73. The molecular formula is C12H13FN2O4S. The maximum absolute atomic E-state index is 13.1. The molecule has 1 N–H and O–H groups in total. The lowest BCUT2D eigenvalue weighted by atomic mass is 10.2. The molecule has 0 aliphatic rings. The van der Waals surface area contributed by atoms with E-state index in [9.17, 15) is 17.6 Å². The third kappa shape index (κ3) is 4.85. The highest BCUT2D eigenvalue weighted by atomic mass is 32.2. The van der Waals surface area contributed by atoms with E-state index >= 15 is 0 Å². The van der Waals surface area contributed by atoms with E-state index in [-0.39, 0.29) is 24.3 Å². The molecule has 0 aromatic heterocycles. The van der Waals surface area contributed by atoms with E-state index in [4.69, 9.17) is 5.26 Å². The average molecular weight is 300 g/mol. The van der Waals surface area contributed by atoms with Crippen molar-refractivity contribution in [3.05, 3.63) is 29.6 Å². The predicted molar refractivity (Wildman–Crippen MR) is 69.8 cm³/mol. The molecule has 0 fully saturated rings. The molecule has 108 valence electrons. The predicted octanol–water partition coefficient (Wildman–Crippen LogP) is 1.39. The Morgan fingerprint density at radius 2 is 2.20 bits per heavy atom. The van der Waals surface area contributed by atoms with Crippen molar-refractivity contribution in [2.24, 2.45) is 0 Å². The summed E-state index contributed by atoms with van der Waals surface area (Å²) in [6.45, 7) is 1.79. The molecule has 0 saturated carbocycles. The minimum Gasteiger partial charge on any atom is -0.466 e. The zero-order valence-electron chi connectivity index (χ0n) is 10.7. The second kappa shape index (κ2) is 6.86. The molecule has 0 unspecified atom stereocenters. The van der Waals surface area contributed by atoms with Crippen molar-refractivity contribution in [3.8, 4) is 6.07 Å². The number of hydrogen-bond donors (Lipinski definition) is 1. The van der Waals surface area contributed by atoms with Gasteiger partial charge >= 0.3 is 5.97 Å². The standard InChI is InChI=1S/C12H13FN2O4S/c1-2-19-12(16)5-6-20(17,18)15-10-3-4-11(13)9(7-10)8-14/h3-4,7,15H,2,5-6H2,1H3. The molecule has 1 aromatic rings. The number of ether oxygens (including phenoxy) is 1. The van der Waals surface area contributed by atoms with Crippen LogP contribution in [0.5, 0.6) is 0 Å². The first-order valence-corrected chi connectivity index (χ1v) is 7.39. The van der Waals surface area contributed by atoms with Gasteiger partial charge < -0.3 is 4.74 Å². The van der Waals surface area contributed by atoms with E-state index in [2.05, 4.69) is 9.46 Å². The average Bonchev–Trinajstić information content (AvgIpc) is 2.39. The van der Waals surface area contributed by atoms with Crippen LogP contribution in [0, 0.1) is 17.1 Å². The number of hydrogen-bond acceptors (Lipinski definition) is 5. The number of nitriles is 1. The summed E-state index contributed by atoms with van der Waals surface area (Å²) in [5, 5.41) is 8.65. The molecule has 0 aliphatic carbocycles. The molecule has 8 heteroatoms. The number of nitrogens with one attached hydrogen (secondary N) is 1. The molecular weight excluding hydrogens is 287 g/mol. The number of benzene rings is 1. The van der Waals surface area contributed by atoms with Crippen LogP contribution in [0.15, 0.2) is 18.2 Å². The summed E-state index contributed by atoms with van der Waals surface area (Å²) in [7, 11) is -3.77. The second-order valence-electron chi connectivity index (χ2n) is 3.78. The largest absolute Gasteiger partial charge is 0.466 e. The molecule has 0 amide bonds. The summed E-state index contributed by atoms with van der Waals surface area (Å²) in [4.78, 5) is 11.1. The van der Waals surface area contributed by atoms with Crippen molar-refractivity contribution in [1.82, 2.24) is 0 Å². The number of carbonyl (C=O) groups excluding carboxylic acids is 1. The van der Waals surface area contributed by atoms with Gasteiger partial charge in [-0.2, -0.15) is 5.26 Å². The van der Waals surface area contributed by atoms with E-state index in [0.29, 0.717) is 0 Å². The van der Waals surface area contributed by atoms with Crippen LogP contribution >= 0.6 is 0 Å². The molecule has 1 rings (SSSR count). The lowest BCUT2D eigenvalue weighted by Crippen LogP contribution is -2.20. The Hall–Kier alpha value is -2.14. The van der Waals surface area contributed by atoms with Crippen molar-refractivity contribution in [2.75, 3.05) is 17.1 Å². The summed E-state index contributed by atoms with van der Waals surface area (Å²) < 4.78 is 43.3. The van der Waals surface area contributed by atoms with Crippen LogP contribution in [-0.4, -0.2) is 26.7 Å². The number of nitrogens with zero attached hydrogens (tertiary/aromatic N) is 1. The highest BCUT2D eigenvalue weighted by molar-refractivity contribution is 7.92. The number of halogens is 1. The Labute approximate surface area is 116 Å². The highest BCUT2D eigenvalue weighted by Crippen LogP contribution is 2.15. The third-order valence-electron chi connectivity index (χ3n) is 2.24. The molecule has 6 nitrogen and oxygen atoms in total. The fourth-order valence-corrected chi connectivity index (χ4v) is 2.38. The van der Waals surface area contributed by atoms with Gasteiger partial charge in [0.05, 0.1) is 24.3 Å². The number of sulfonamides is 1. The van der Waals surface area contributed by atoms with Gasteiger partial charge in [-0.25, -0.2) is 12.8 Å². The molecule has 0 saturated heterocycles. The minimum atomic E-state index is -3.77. The summed E-state index contributed by atoms with van der Waals surface area (Å²) >= 11 is 0. The summed E-state index contributed by atoms with van der Waals surface area (Å²) in [6.07, 6.45) is -0.282. The SMILES string of the molecule is CCOC(=O)CCS(=O)(=O)Nc1ccc(F)c(C#N)c1. The van der Waals surface area contributed by atoms with Gasteiger partial charge in [0.2, 0.25) is 10.0 Å². The fraction of sp³-hybridized carbons (Fsp3) is 0.333. The van der Waals surface area contributed by atoms with E-state index in [1.165, 1.54) is 6.07 Å². The molecule has 0 radical (unpaired) electrons. The van der Waals surface area contributed by atoms with Crippen molar-refractivity contribution in [2.45, 2.75) is 13.3 Å². The molecule has 0 spiro atoms. The topological polar surface area (TPSA) is 96.3 Å². The number of anilines is 1. The maximum Gasteiger partial charge on any atom is 0.306 e. The molecule has 0 bridgehead atoms. The Morgan fingerprint density at radius 1 is 1.50 bits per heavy atom. The van der Waals surface area contributed by atoms with Gasteiger partial charge in [0.25, 0.3) is 0 Å². The van der Waals surface area contributed by atoms with Crippen LogP contribution in [0.4, 0.5) is 10.1 Å². The lowest BCUT2D eigenvalue weighted by molar-refractivity contribution is -0.142. The van der Waals surface area contributed by atoms with Crippen LogP contribution in [-0.2, 0) is 19.6 Å². The van der Waals surface area contributed by atoms with Crippen LogP contribution in [0.2, 0.25) is 0 Å². The van der Waals surface area contributed by atoms with Crippen LogP contribution in [0.1, 0.15) is 18.9 Å². The molecule has 0 atom stereocenters. The van der Waals surface area contributed by atoms with Gasteiger partial charge in [0, 0.05) is 5.69 Å². The summed E-state index contributed by atoms with van der Waals surface area (Å²) in [5.41, 5.74) is -0.206. The summed E-state index contributed by atoms with van der Waals surface area (Å²) in [5.74, 6) is -1.80. The number of carbonyl (C=O) groups is 1. The van der Waals surface area contributed by atoms with E-state index < -0.39 is 27.6 Å². The van der Waals surface area contributed by atoms with Crippen molar-refractivity contribution in [3.63, 3.8) is 0 Å². The van der Waals surface area contributed by atoms with Crippen LogP contribution in [0.25, 0.3) is 0 Å². The Bertz CT molecular complexity index is 637. The van der Waals surface area contributed by atoms with Gasteiger partial charge in [0.15, 0.2) is 0 Å². The van der Waals surface area contributed by atoms with E-state index in [0.717, 1.165) is 12.1 Å². The highest BCUT2D eigenvalue weighted by Gasteiger charge is 2.15. The van der Waals surface area contributed by atoms with Gasteiger partial charge in [-0.15, -0.1) is 0 Å². The maximum atomic E-state index is 13.1. The summed E-state index contributed by atoms with van der Waals surface area (Å²) in [6, 6.07) is 4.87. The number of esters is 1. The van der Waals surface area contributed by atoms with Crippen molar-refractivity contribution in [1.29, 1.82) is 5.26 Å². The van der Waals surface area contributed by atoms with Gasteiger partial charge in [-0.3, -0.25) is 9.52 Å². The fourth-order valence-electron chi connectivity index (χ4n) is 1.36. The van der Waals surface area contributed by atoms with Gasteiger partial charge in [-0.1, -0.05) is 0 Å². The van der Waals surface area contributed by atoms with Crippen LogP contribution < -0.4 is 4.72 Å². The molecule has 0 aliphatic heterocycles. The monoisotopic (exact) mass is 300 g/mol. The molecule has 1 aromatic carbocycles. The third-order valence-corrected chi connectivity index (χ3v) is 3.53. The molecule has 0 heterocycles. The van der Waals surface area contributed by atoms with Crippen molar-refractivity contribution < 1.29 is 22.3 Å². The second-order valence-corrected chi connectivity index (χ2v) is 5.62. The lowest BCUT2D eigenvalue weighted by Gasteiger charge is -2.08. The quantitative estimate of drug-likeness (QED) is 0.801. The Balaban J connectivity index is 2.72. The van der Waals surface area contributed by atoms with Gasteiger partial charge in [-0.05, 0) is 25.1 Å². The first kappa shape index (κ1) is 15.9. The molecule has 20 heavy (non-hydrogen) atoms. The zero-order valence-corrected chi connectivity index (χ0v) is 11.5. The number of rotatable bonds is 6. The van der Waals surface area contributed by atoms with Crippen LogP contribution in [0.3, 0.4) is 0 Å². The van der Waals surface area contributed by atoms with E-state index in [1.807, 2.05) is 0 Å². The smallest absolute Gasteiger partial charge is 0.306 e. The van der Waals surface area contributed by atoms with E-state index in [1.54, 1.807) is 13.0 Å². The van der Waals surface area contributed by atoms with Crippen molar-refractivity contribution >= 4 is 21.7 Å². The normalized spacial score (nSPS) is 10.7. The zero-order chi connectivity index (χ0) is 15.2. The Morgan fingerprint density at radius 3 is 2.80 bits per heavy atom. The first-order chi connectivity index (χ1) is 9.38. The van der Waals surface area contributed by atoms with Gasteiger partial charge in [0.1, 0.15) is 11.9 Å². The minimum absolute atomic E-state index is 0.0619.